The van der Waals surface area contributed by atoms with Crippen LogP contribution in [0.5, 0.6) is 0 Å². The van der Waals surface area contributed by atoms with Crippen LogP contribution >= 0.6 is 0 Å². The predicted octanol–water partition coefficient (Wildman–Crippen LogP) is 12.9. The summed E-state index contributed by atoms with van der Waals surface area (Å²) >= 11 is 0. The van der Waals surface area contributed by atoms with E-state index >= 15 is 28.8 Å². The molecule has 3 atom stereocenters. The topological polar surface area (TPSA) is 271 Å². The van der Waals surface area contributed by atoms with Gasteiger partial charge in [0.15, 0.2) is 0 Å². The lowest BCUT2D eigenvalue weighted by atomic mass is 9.82. The molecule has 0 aromatic heterocycles. The van der Waals surface area contributed by atoms with Crippen LogP contribution in [0.3, 0.4) is 0 Å². The number of ether oxygens (including phenoxy) is 3. The second-order valence-electron chi connectivity index (χ2n) is 36.9. The van der Waals surface area contributed by atoms with Crippen molar-refractivity contribution in [2.45, 2.75) is 52.2 Å². The van der Waals surface area contributed by atoms with Gasteiger partial charge in [0, 0.05) is 150 Å². The van der Waals surface area contributed by atoms with Crippen molar-refractivity contribution in [3.63, 3.8) is 0 Å². The first-order valence-electron chi connectivity index (χ1n) is 44.4. The molecule has 0 spiro atoms. The van der Waals surface area contributed by atoms with E-state index in [9.17, 15) is 28.8 Å². The van der Waals surface area contributed by atoms with E-state index in [2.05, 4.69) is 14.7 Å². The van der Waals surface area contributed by atoms with Crippen molar-refractivity contribution in [3.05, 3.63) is 212 Å². The molecule has 3 saturated heterocycles. The van der Waals surface area contributed by atoms with Crippen LogP contribution in [0.2, 0.25) is 0 Å². The number of nitrogens with zero attached hydrogens (tertiary/aromatic N) is 12. The van der Waals surface area contributed by atoms with E-state index in [-0.39, 0.29) is 75.1 Å². The Morgan fingerprint density at radius 2 is 0.388 bits per heavy atom. The zero-order valence-corrected chi connectivity index (χ0v) is 72.0. The molecular weight excluding hydrogens is 1630 g/mol. The minimum Gasteiger partial charge on any atom is -0.379 e. The average Bonchev–Trinajstić information content (AvgIpc) is 0.694. The van der Waals surface area contributed by atoms with Gasteiger partial charge in [-0.15, -0.1) is 0 Å². The fourth-order valence-electron chi connectivity index (χ4n) is 22.8. The summed E-state index contributed by atoms with van der Waals surface area (Å²) in [6.07, 6.45) is 0.346. The number of hydrazine groups is 3. The third-order valence-electron chi connectivity index (χ3n) is 29.6. The van der Waals surface area contributed by atoms with Crippen molar-refractivity contribution < 1.29 is 71.7 Å². The Bertz CT molecular complexity index is 6660. The van der Waals surface area contributed by atoms with E-state index in [1.165, 1.54) is 29.7 Å². The molecule has 0 N–H and O–H groups in total. The minimum atomic E-state index is -1.05. The minimum absolute atomic E-state index is 0.0727. The van der Waals surface area contributed by atoms with Crippen molar-refractivity contribution >= 4 is 200 Å². The highest BCUT2D eigenvalue weighted by atomic mass is 16.5. The predicted molar refractivity (Wildman–Crippen MR) is 487 cm³/mol. The van der Waals surface area contributed by atoms with Crippen LogP contribution in [0, 0.1) is 5.41 Å². The number of carbonyl (C=O) groups is 12. The normalized spacial score (nSPS) is 19.6. The molecule has 3 fully saturated rings. The van der Waals surface area contributed by atoms with Gasteiger partial charge in [0.05, 0.1) is 91.1 Å². The van der Waals surface area contributed by atoms with Gasteiger partial charge in [0.2, 0.25) is 0 Å². The van der Waals surface area contributed by atoms with E-state index < -0.39 is 59.0 Å². The van der Waals surface area contributed by atoms with Crippen LogP contribution in [-0.2, 0) is 14.2 Å². The molecule has 0 bridgehead atoms. The van der Waals surface area contributed by atoms with Crippen LogP contribution < -0.4 is 0 Å². The van der Waals surface area contributed by atoms with Gasteiger partial charge in [-0.05, 0) is 218 Å². The molecule has 644 valence electrons. The summed E-state index contributed by atoms with van der Waals surface area (Å²) in [5.74, 6) is -5.46. The Balaban J connectivity index is 0.511. The fourth-order valence-corrected chi connectivity index (χ4v) is 22.8. The van der Waals surface area contributed by atoms with Crippen LogP contribution in [0.25, 0.3) is 129 Å². The molecule has 129 heavy (non-hydrogen) atoms. The Hall–Kier alpha value is -13.3. The zero-order chi connectivity index (χ0) is 88.4. The molecule has 15 aromatic carbocycles. The van der Waals surface area contributed by atoms with Gasteiger partial charge in [-0.2, -0.15) is 0 Å². The van der Waals surface area contributed by atoms with Crippen LogP contribution in [0.1, 0.15) is 158 Å². The molecule has 27 heteroatoms. The average molecular weight is 1720 g/mol. The van der Waals surface area contributed by atoms with Gasteiger partial charge in [-0.1, -0.05) is 79.7 Å². The molecule has 9 aliphatic rings. The SMILES string of the molecule is CCC(COCC(C)N1C(=O)c2ccc3c4ccc5c6c(ccc(c7ccc(c2c37)C1=O)c64)C(=O)N(N1CCN(C)CC1)C5=O)(COCC(C)N1C(=O)c2ccc3c4ccc5c6c(ccc(c7ccc(c2c37)C1=O)c64)C(=O)N(N1CCN(C)CC1)C5=O)COCC(C)N1C(=O)c2ccc3c4ccc5c6c(ccc(c7ccc(c2c37)C1=O)c64)C(=O)N(N1CCN(C)CC1)C5=O. The van der Waals surface area contributed by atoms with Crippen LogP contribution in [0.15, 0.2) is 146 Å². The van der Waals surface area contributed by atoms with Crippen LogP contribution in [-0.4, -0.2) is 288 Å². The molecule has 3 unspecified atom stereocenters. The number of imide groups is 6. The first-order valence-corrected chi connectivity index (χ1v) is 44.4. The molecule has 9 aliphatic heterocycles. The second-order valence-corrected chi connectivity index (χ2v) is 36.9. The highest BCUT2D eigenvalue weighted by Crippen LogP contribution is 2.52. The van der Waals surface area contributed by atoms with Crippen molar-refractivity contribution in [2.75, 3.05) is 139 Å². The van der Waals surface area contributed by atoms with Crippen molar-refractivity contribution in [2.24, 2.45) is 5.41 Å². The van der Waals surface area contributed by atoms with Gasteiger partial charge in [0.25, 0.3) is 70.9 Å². The van der Waals surface area contributed by atoms with E-state index in [0.717, 1.165) is 80.8 Å². The molecule has 27 nitrogen and oxygen atoms in total. The van der Waals surface area contributed by atoms with Crippen molar-refractivity contribution in [1.82, 2.24) is 59.5 Å². The fraction of sp³-hybridized carbons (Fsp3) is 0.294. The molecule has 0 radical (unpaired) electrons. The van der Waals surface area contributed by atoms with Crippen molar-refractivity contribution in [1.29, 1.82) is 0 Å². The molecule has 0 aliphatic carbocycles. The number of hydrogen-bond acceptors (Lipinski definition) is 21. The number of fused-ring (bicyclic) bond motifs is 6. The third-order valence-corrected chi connectivity index (χ3v) is 29.6. The quantitative estimate of drug-likeness (QED) is 0.0413. The molecule has 9 heterocycles. The highest BCUT2D eigenvalue weighted by molar-refractivity contribution is 6.45. The van der Waals surface area contributed by atoms with Gasteiger partial charge < -0.3 is 28.9 Å². The maximum atomic E-state index is 15.3. The van der Waals surface area contributed by atoms with E-state index in [4.69, 9.17) is 14.2 Å². The first-order chi connectivity index (χ1) is 62.4. The Morgan fingerprint density at radius 3 is 0.543 bits per heavy atom. The van der Waals surface area contributed by atoms with Gasteiger partial charge in [0.1, 0.15) is 0 Å². The highest BCUT2D eigenvalue weighted by Gasteiger charge is 2.48. The Morgan fingerprint density at radius 1 is 0.233 bits per heavy atom. The van der Waals surface area contributed by atoms with Crippen LogP contribution in [0.4, 0.5) is 0 Å². The maximum absolute atomic E-state index is 15.3. The molecule has 0 saturated carbocycles. The summed E-state index contributed by atoms with van der Waals surface area (Å²) in [6, 6.07) is 41.2. The lowest BCUT2D eigenvalue weighted by Gasteiger charge is -2.40. The zero-order valence-electron chi connectivity index (χ0n) is 72.0. The summed E-state index contributed by atoms with van der Waals surface area (Å²) in [5.41, 5.74) is 3.37. The Kier molecular flexibility index (Phi) is 17.5. The summed E-state index contributed by atoms with van der Waals surface area (Å²) < 4.78 is 20.2. The van der Waals surface area contributed by atoms with Gasteiger partial charge in [-0.3, -0.25) is 72.2 Å². The molecule has 24 rings (SSSR count). The van der Waals surface area contributed by atoms with E-state index in [1.807, 2.05) is 116 Å². The maximum Gasteiger partial charge on any atom is 0.276 e. The molecule has 15 aromatic rings. The summed E-state index contributed by atoms with van der Waals surface area (Å²) in [4.78, 5) is 189. The smallest absolute Gasteiger partial charge is 0.276 e. The summed E-state index contributed by atoms with van der Waals surface area (Å²) in [6.45, 7) is 13.8. The van der Waals surface area contributed by atoms with E-state index in [0.29, 0.717) is 200 Å². The number of carbonyl (C=O) groups excluding carboxylic acids is 12. The third kappa shape index (κ3) is 10.9. The molecule has 12 amide bonds. The Labute approximate surface area is 736 Å². The number of likely N-dealkylation sites (N-methyl/N-ethyl adjacent to an activating group) is 3. The number of amides is 12. The monoisotopic (exact) mass is 1720 g/mol. The summed E-state index contributed by atoms with van der Waals surface area (Å²) in [5, 5.41) is 26.1. The summed E-state index contributed by atoms with van der Waals surface area (Å²) in [7, 11) is 6.04. The molecular formula is C102H86N12O15. The largest absolute Gasteiger partial charge is 0.379 e. The number of piperazine rings is 3. The first kappa shape index (κ1) is 79.1. The number of benzene rings is 15. The number of hydrogen-bond donors (Lipinski definition) is 0. The van der Waals surface area contributed by atoms with Gasteiger partial charge >= 0.3 is 0 Å². The second kappa shape index (κ2) is 28.6. The van der Waals surface area contributed by atoms with Crippen molar-refractivity contribution in [3.8, 4) is 0 Å². The van der Waals surface area contributed by atoms with E-state index in [1.54, 1.807) is 93.6 Å². The number of rotatable bonds is 19. The standard InChI is InChI=1S/C102H86N12O15/c1-8-102(48-127-45-51(2)109-90(115)66-21-9-54-60-15-27-72-87-73(97(122)112(96(72)121)106-39-33-103(5)34-40-106)28-16-61(81(60)87)55-10-22-67(91(109)116)84(66)78(54)55,49-128-46-52(3)110-92(117)68-23-11-56-62-17-29-74-88-75(99(124)113(98(74)123)107-41-35-104(6)36-42-107)30-18-63(82(62)88)57-12-24-69(93(110)118)85(68)79(56)57)50-129-47-53(4)111-94(119)70-25-13-58-64-19-31-76-89-77(101(126)114(100(76)125)108-43-37-105(7)38-44-108)32-20-65(83(64)89)59-14-26-71(95(111)120)86(70)80(58)59/h9-32,51-53H,8,33-50H2,1-7H3. The lowest BCUT2D eigenvalue weighted by molar-refractivity contribution is -0.0841. The lowest BCUT2D eigenvalue weighted by Crippen LogP contribution is -2.57. The van der Waals surface area contributed by atoms with Gasteiger partial charge in [-0.25, -0.2) is 30.1 Å².